The number of rotatable bonds is 9. The molecule has 4 rings (SSSR count). The quantitative estimate of drug-likeness (QED) is 0.535. The minimum Gasteiger partial charge on any atom is -0.496 e. The Morgan fingerprint density at radius 2 is 1.83 bits per heavy atom. The smallest absolute Gasteiger partial charge is 0.325 e. The Balaban J connectivity index is 1.40. The molecule has 0 radical (unpaired) electrons. The van der Waals surface area contributed by atoms with Crippen molar-refractivity contribution in [3.8, 4) is 5.75 Å². The molecule has 3 heterocycles. The van der Waals surface area contributed by atoms with E-state index in [9.17, 15) is 9.59 Å². The van der Waals surface area contributed by atoms with Crippen molar-refractivity contribution in [2.24, 2.45) is 5.92 Å². The standard InChI is InChI=1S/C28H44N4O3/c1-6-12-28(26(33)32(27(34)29-28)16-11-24-8-7-13-30(24)4)23-9-14-31(15-10-23)19-22-17-21(3)25(35-5)18-20(22)2/h17-18,23-24H,6-16,19H2,1-5H3,(H,29,34)/t24-,28+/m1/s1. The van der Waals surface area contributed by atoms with Crippen LogP contribution in [0.5, 0.6) is 5.75 Å². The fraction of sp³-hybridized carbons (Fsp3) is 0.714. The number of nitrogens with one attached hydrogen (secondary N) is 1. The molecule has 0 spiro atoms. The van der Waals surface area contributed by atoms with Crippen LogP contribution in [0.15, 0.2) is 12.1 Å². The van der Waals surface area contributed by atoms with Gasteiger partial charge in [0.1, 0.15) is 11.3 Å². The molecule has 1 N–H and O–H groups in total. The van der Waals surface area contributed by atoms with Gasteiger partial charge in [0.05, 0.1) is 7.11 Å². The van der Waals surface area contributed by atoms with E-state index in [0.717, 1.165) is 76.0 Å². The molecule has 3 aliphatic heterocycles. The zero-order chi connectivity index (χ0) is 25.2. The topological polar surface area (TPSA) is 65.1 Å². The molecular weight excluding hydrogens is 440 g/mol. The number of aryl methyl sites for hydroxylation is 2. The molecule has 0 aliphatic carbocycles. The van der Waals surface area contributed by atoms with E-state index in [1.807, 2.05) is 0 Å². The number of benzene rings is 1. The van der Waals surface area contributed by atoms with Gasteiger partial charge in [-0.15, -0.1) is 0 Å². The van der Waals surface area contributed by atoms with E-state index < -0.39 is 5.54 Å². The fourth-order valence-electron chi connectivity index (χ4n) is 6.58. The molecule has 35 heavy (non-hydrogen) atoms. The van der Waals surface area contributed by atoms with Crippen molar-refractivity contribution in [3.05, 3.63) is 28.8 Å². The predicted octanol–water partition coefficient (Wildman–Crippen LogP) is 4.10. The Morgan fingerprint density at radius 1 is 1.09 bits per heavy atom. The molecule has 3 fully saturated rings. The summed E-state index contributed by atoms with van der Waals surface area (Å²) in [6, 6.07) is 4.65. The van der Waals surface area contributed by atoms with Gasteiger partial charge in [-0.05, 0) is 108 Å². The summed E-state index contributed by atoms with van der Waals surface area (Å²) in [5.41, 5.74) is 3.01. The zero-order valence-corrected chi connectivity index (χ0v) is 22.4. The molecule has 3 aliphatic rings. The van der Waals surface area contributed by atoms with Crippen molar-refractivity contribution < 1.29 is 14.3 Å². The molecule has 7 nitrogen and oxygen atoms in total. The van der Waals surface area contributed by atoms with Gasteiger partial charge in [-0.3, -0.25) is 14.6 Å². The van der Waals surface area contributed by atoms with Gasteiger partial charge in [-0.25, -0.2) is 4.79 Å². The van der Waals surface area contributed by atoms with Crippen molar-refractivity contribution >= 4 is 11.9 Å². The van der Waals surface area contributed by atoms with Crippen LogP contribution in [0.4, 0.5) is 4.79 Å². The molecular formula is C28H44N4O3. The van der Waals surface area contributed by atoms with Crippen LogP contribution < -0.4 is 10.1 Å². The van der Waals surface area contributed by atoms with Crippen LogP contribution in [-0.4, -0.2) is 78.6 Å². The SMILES string of the molecule is CCC[C@@]1(C2CCN(Cc3cc(C)c(OC)cc3C)CC2)NC(=O)N(CC[C@H]2CCCN2C)C1=O. The molecule has 0 saturated carbocycles. The van der Waals surface area contributed by atoms with Gasteiger partial charge in [0.2, 0.25) is 0 Å². The summed E-state index contributed by atoms with van der Waals surface area (Å²) < 4.78 is 5.47. The second kappa shape index (κ2) is 10.9. The molecule has 3 saturated heterocycles. The van der Waals surface area contributed by atoms with Gasteiger partial charge in [-0.1, -0.05) is 19.4 Å². The van der Waals surface area contributed by atoms with Crippen molar-refractivity contribution in [1.29, 1.82) is 0 Å². The first-order valence-corrected chi connectivity index (χ1v) is 13.5. The Morgan fingerprint density at radius 3 is 2.46 bits per heavy atom. The number of hydrogen-bond acceptors (Lipinski definition) is 5. The zero-order valence-electron chi connectivity index (χ0n) is 22.4. The summed E-state index contributed by atoms with van der Waals surface area (Å²) in [4.78, 5) is 33.1. The molecule has 7 heteroatoms. The number of carbonyl (C=O) groups is 2. The summed E-state index contributed by atoms with van der Waals surface area (Å²) in [6.07, 6.45) is 6.70. The minimum absolute atomic E-state index is 0.0186. The predicted molar refractivity (Wildman–Crippen MR) is 139 cm³/mol. The highest BCUT2D eigenvalue weighted by Gasteiger charge is 2.55. The third-order valence-corrected chi connectivity index (χ3v) is 8.74. The maximum Gasteiger partial charge on any atom is 0.325 e. The van der Waals surface area contributed by atoms with Crippen molar-refractivity contribution in [3.63, 3.8) is 0 Å². The normalized spacial score (nSPS) is 26.5. The number of methoxy groups -OCH3 is 1. The number of hydrogen-bond donors (Lipinski definition) is 1. The maximum atomic E-state index is 13.7. The lowest BCUT2D eigenvalue weighted by atomic mass is 9.74. The van der Waals surface area contributed by atoms with Gasteiger partial charge >= 0.3 is 6.03 Å². The third-order valence-electron chi connectivity index (χ3n) is 8.74. The Kier molecular flexibility index (Phi) is 8.06. The summed E-state index contributed by atoms with van der Waals surface area (Å²) in [7, 11) is 3.86. The van der Waals surface area contributed by atoms with Crippen LogP contribution in [0.3, 0.4) is 0 Å². The van der Waals surface area contributed by atoms with Crippen LogP contribution >= 0.6 is 0 Å². The highest BCUT2D eigenvalue weighted by molar-refractivity contribution is 6.07. The van der Waals surface area contributed by atoms with E-state index in [1.165, 1.54) is 22.4 Å². The van der Waals surface area contributed by atoms with Gasteiger partial charge in [0, 0.05) is 19.1 Å². The number of amides is 3. The average molecular weight is 485 g/mol. The van der Waals surface area contributed by atoms with Crippen LogP contribution in [0.2, 0.25) is 0 Å². The van der Waals surface area contributed by atoms with E-state index in [1.54, 1.807) is 7.11 Å². The molecule has 1 aromatic carbocycles. The lowest BCUT2D eigenvalue weighted by Gasteiger charge is -2.41. The van der Waals surface area contributed by atoms with Crippen molar-refractivity contribution in [2.75, 3.05) is 40.3 Å². The van der Waals surface area contributed by atoms with E-state index >= 15 is 0 Å². The summed E-state index contributed by atoms with van der Waals surface area (Å²) in [5, 5.41) is 3.21. The largest absolute Gasteiger partial charge is 0.496 e. The highest BCUT2D eigenvalue weighted by atomic mass is 16.5. The van der Waals surface area contributed by atoms with Gasteiger partial charge < -0.3 is 15.0 Å². The number of nitrogens with zero attached hydrogens (tertiary/aromatic N) is 3. The summed E-state index contributed by atoms with van der Waals surface area (Å²) in [5.74, 6) is 1.14. The number of urea groups is 1. The van der Waals surface area contributed by atoms with Crippen molar-refractivity contribution in [1.82, 2.24) is 20.0 Å². The second-order valence-electron chi connectivity index (χ2n) is 11.0. The number of ether oxygens (including phenoxy) is 1. The molecule has 0 aromatic heterocycles. The molecule has 2 atom stereocenters. The van der Waals surface area contributed by atoms with E-state index in [0.29, 0.717) is 12.6 Å². The van der Waals surface area contributed by atoms with Crippen molar-refractivity contribution in [2.45, 2.75) is 83.8 Å². The molecule has 3 amide bonds. The summed E-state index contributed by atoms with van der Waals surface area (Å²) in [6.45, 7) is 10.8. The van der Waals surface area contributed by atoms with E-state index in [4.69, 9.17) is 4.74 Å². The minimum atomic E-state index is -0.730. The van der Waals surface area contributed by atoms with E-state index in [-0.39, 0.29) is 17.9 Å². The van der Waals surface area contributed by atoms with Gasteiger partial charge in [0.25, 0.3) is 5.91 Å². The fourth-order valence-corrected chi connectivity index (χ4v) is 6.58. The second-order valence-corrected chi connectivity index (χ2v) is 11.0. The maximum absolute atomic E-state index is 13.7. The monoisotopic (exact) mass is 484 g/mol. The molecule has 194 valence electrons. The van der Waals surface area contributed by atoms with Crippen LogP contribution in [0.1, 0.15) is 68.6 Å². The Hall–Kier alpha value is -2.12. The Bertz CT molecular complexity index is 927. The third kappa shape index (κ3) is 5.21. The van der Waals surface area contributed by atoms with Crippen LogP contribution in [-0.2, 0) is 11.3 Å². The lowest BCUT2D eigenvalue weighted by Crippen LogP contribution is -2.56. The molecule has 0 unspecified atom stereocenters. The first-order chi connectivity index (χ1) is 16.8. The Labute approximate surface area is 211 Å². The van der Waals surface area contributed by atoms with Crippen LogP contribution in [0, 0.1) is 19.8 Å². The van der Waals surface area contributed by atoms with E-state index in [2.05, 4.69) is 55.1 Å². The number of carbonyl (C=O) groups excluding carboxylic acids is 2. The summed E-state index contributed by atoms with van der Waals surface area (Å²) >= 11 is 0. The first-order valence-electron chi connectivity index (χ1n) is 13.5. The number of likely N-dealkylation sites (tertiary alicyclic amines) is 2. The van der Waals surface area contributed by atoms with Gasteiger partial charge in [0.15, 0.2) is 0 Å². The lowest BCUT2D eigenvalue weighted by molar-refractivity contribution is -0.134. The average Bonchev–Trinajstić information content (AvgIpc) is 3.35. The van der Waals surface area contributed by atoms with Gasteiger partial charge in [-0.2, -0.15) is 0 Å². The molecule has 0 bridgehead atoms. The number of imide groups is 1. The van der Waals surface area contributed by atoms with Crippen LogP contribution in [0.25, 0.3) is 0 Å². The number of piperidine rings is 1. The molecule has 1 aromatic rings. The highest BCUT2D eigenvalue weighted by Crippen LogP contribution is 2.38. The first kappa shape index (κ1) is 26.0.